The van der Waals surface area contributed by atoms with Crippen LogP contribution in [0.4, 0.5) is 0 Å². The minimum atomic E-state index is -0.275. The third-order valence-corrected chi connectivity index (χ3v) is 2.46. The van der Waals surface area contributed by atoms with Crippen LogP contribution in [0.1, 0.15) is 24.0 Å². The second kappa shape index (κ2) is 5.38. The summed E-state index contributed by atoms with van der Waals surface area (Å²) in [6, 6.07) is 7.03. The van der Waals surface area contributed by atoms with Gasteiger partial charge >= 0.3 is 0 Å². The molecule has 0 aliphatic heterocycles. The third-order valence-electron chi connectivity index (χ3n) is 2.02. The summed E-state index contributed by atoms with van der Waals surface area (Å²) in [4.78, 5) is 4.08. The Balaban J connectivity index is 1.95. The Morgan fingerprint density at radius 1 is 1.35 bits per heavy atom. The molecule has 1 unspecified atom stereocenters. The minimum Gasteiger partial charge on any atom is -0.484 e. The predicted octanol–water partition coefficient (Wildman–Crippen LogP) is 3.60. The Bertz CT molecular complexity index is 482. The Hall–Kier alpha value is -1.26. The number of aromatic nitrogens is 2. The molecule has 0 N–H and O–H groups in total. The smallest absolute Gasteiger partial charge is 0.264 e. The SMILES string of the molecule is CC(Cl)c1noc(COc2ccc(Cl)cc2)n1. The van der Waals surface area contributed by atoms with E-state index in [1.54, 1.807) is 31.2 Å². The highest BCUT2D eigenvalue weighted by atomic mass is 35.5. The Morgan fingerprint density at radius 2 is 2.06 bits per heavy atom. The maximum absolute atomic E-state index is 5.81. The summed E-state index contributed by atoms with van der Waals surface area (Å²) in [5.41, 5.74) is 0. The topological polar surface area (TPSA) is 48.2 Å². The normalized spacial score (nSPS) is 12.4. The van der Waals surface area contributed by atoms with Crippen LogP contribution in [-0.2, 0) is 6.61 Å². The van der Waals surface area contributed by atoms with E-state index in [0.29, 0.717) is 22.5 Å². The van der Waals surface area contributed by atoms with Crippen molar-refractivity contribution in [2.45, 2.75) is 18.9 Å². The Kier molecular flexibility index (Phi) is 3.86. The molecule has 0 spiro atoms. The molecule has 0 amide bonds. The first-order valence-electron chi connectivity index (χ1n) is 5.00. The van der Waals surface area contributed by atoms with E-state index < -0.39 is 0 Å². The molecule has 6 heteroatoms. The Morgan fingerprint density at radius 3 is 2.65 bits per heavy atom. The molecule has 0 saturated carbocycles. The highest BCUT2D eigenvalue weighted by molar-refractivity contribution is 6.30. The van der Waals surface area contributed by atoms with Crippen LogP contribution < -0.4 is 4.74 Å². The van der Waals surface area contributed by atoms with E-state index in [1.807, 2.05) is 0 Å². The zero-order valence-electron chi connectivity index (χ0n) is 9.06. The van der Waals surface area contributed by atoms with E-state index >= 15 is 0 Å². The number of alkyl halides is 1. The molecule has 2 aromatic rings. The molecule has 90 valence electrons. The largest absolute Gasteiger partial charge is 0.484 e. The van der Waals surface area contributed by atoms with E-state index in [1.165, 1.54) is 0 Å². The van der Waals surface area contributed by atoms with Gasteiger partial charge < -0.3 is 9.26 Å². The van der Waals surface area contributed by atoms with Gasteiger partial charge in [-0.1, -0.05) is 16.8 Å². The average Bonchev–Trinajstić information content (AvgIpc) is 2.77. The van der Waals surface area contributed by atoms with Gasteiger partial charge in [-0.05, 0) is 31.2 Å². The molecule has 0 fully saturated rings. The molecule has 1 heterocycles. The van der Waals surface area contributed by atoms with E-state index in [9.17, 15) is 0 Å². The fourth-order valence-electron chi connectivity index (χ4n) is 1.16. The fourth-order valence-corrected chi connectivity index (χ4v) is 1.38. The van der Waals surface area contributed by atoms with Gasteiger partial charge in [0.2, 0.25) is 0 Å². The lowest BCUT2D eigenvalue weighted by Gasteiger charge is -2.02. The van der Waals surface area contributed by atoms with Crippen molar-refractivity contribution in [2.75, 3.05) is 0 Å². The highest BCUT2D eigenvalue weighted by Crippen LogP contribution is 2.18. The van der Waals surface area contributed by atoms with Gasteiger partial charge in [0.25, 0.3) is 5.89 Å². The van der Waals surface area contributed by atoms with Crippen molar-refractivity contribution in [3.63, 3.8) is 0 Å². The number of ether oxygens (including phenoxy) is 1. The zero-order valence-corrected chi connectivity index (χ0v) is 10.6. The van der Waals surface area contributed by atoms with Crippen LogP contribution in [0, 0.1) is 0 Å². The van der Waals surface area contributed by atoms with Crippen LogP contribution in [0.2, 0.25) is 5.02 Å². The monoisotopic (exact) mass is 272 g/mol. The first-order valence-corrected chi connectivity index (χ1v) is 5.81. The molecule has 0 aliphatic rings. The molecular formula is C11H10Cl2N2O2. The number of nitrogens with zero attached hydrogens (tertiary/aromatic N) is 2. The van der Waals surface area contributed by atoms with Crippen molar-refractivity contribution in [2.24, 2.45) is 0 Å². The summed E-state index contributed by atoms with van der Waals surface area (Å²) in [5.74, 6) is 1.54. The molecule has 17 heavy (non-hydrogen) atoms. The molecule has 0 saturated heterocycles. The number of hydrogen-bond acceptors (Lipinski definition) is 4. The summed E-state index contributed by atoms with van der Waals surface area (Å²) >= 11 is 11.6. The van der Waals surface area contributed by atoms with Crippen LogP contribution in [0.25, 0.3) is 0 Å². The summed E-state index contributed by atoms with van der Waals surface area (Å²) in [5, 5.41) is 4.11. The van der Waals surface area contributed by atoms with Gasteiger partial charge in [0.1, 0.15) is 5.75 Å². The second-order valence-electron chi connectivity index (χ2n) is 3.40. The molecule has 1 atom stereocenters. The third kappa shape index (κ3) is 3.35. The molecule has 0 aliphatic carbocycles. The van der Waals surface area contributed by atoms with Gasteiger partial charge in [0.05, 0.1) is 5.38 Å². The second-order valence-corrected chi connectivity index (χ2v) is 4.50. The summed E-state index contributed by atoms with van der Waals surface area (Å²) in [6.07, 6.45) is 0. The average molecular weight is 273 g/mol. The Labute approximate surface area is 108 Å². The molecule has 2 rings (SSSR count). The van der Waals surface area contributed by atoms with Gasteiger partial charge in [-0.3, -0.25) is 0 Å². The lowest BCUT2D eigenvalue weighted by Crippen LogP contribution is -1.96. The maximum Gasteiger partial charge on any atom is 0.264 e. The molecular weight excluding hydrogens is 263 g/mol. The van der Waals surface area contributed by atoms with E-state index in [0.717, 1.165) is 0 Å². The van der Waals surface area contributed by atoms with Gasteiger partial charge in [0.15, 0.2) is 12.4 Å². The maximum atomic E-state index is 5.81. The van der Waals surface area contributed by atoms with Gasteiger partial charge in [-0.15, -0.1) is 11.6 Å². The summed E-state index contributed by atoms with van der Waals surface area (Å²) in [7, 11) is 0. The van der Waals surface area contributed by atoms with Crippen LogP contribution in [0.15, 0.2) is 28.8 Å². The summed E-state index contributed by atoms with van der Waals surface area (Å²) in [6.45, 7) is 1.98. The molecule has 1 aromatic carbocycles. The van der Waals surface area contributed by atoms with Crippen LogP contribution in [0.3, 0.4) is 0 Å². The van der Waals surface area contributed by atoms with Crippen molar-refractivity contribution in [3.8, 4) is 5.75 Å². The number of hydrogen-bond donors (Lipinski definition) is 0. The fraction of sp³-hybridized carbons (Fsp3) is 0.273. The highest BCUT2D eigenvalue weighted by Gasteiger charge is 2.11. The first-order chi connectivity index (χ1) is 8.15. The van der Waals surface area contributed by atoms with Crippen molar-refractivity contribution < 1.29 is 9.26 Å². The van der Waals surface area contributed by atoms with Gasteiger partial charge in [-0.2, -0.15) is 4.98 Å². The summed E-state index contributed by atoms with van der Waals surface area (Å²) < 4.78 is 10.4. The first kappa shape index (κ1) is 12.2. The predicted molar refractivity (Wildman–Crippen MR) is 64.4 cm³/mol. The van der Waals surface area contributed by atoms with E-state index in [4.69, 9.17) is 32.5 Å². The minimum absolute atomic E-state index is 0.207. The molecule has 1 aromatic heterocycles. The van der Waals surface area contributed by atoms with Crippen LogP contribution >= 0.6 is 23.2 Å². The van der Waals surface area contributed by atoms with Gasteiger partial charge in [0, 0.05) is 5.02 Å². The van der Waals surface area contributed by atoms with Crippen molar-refractivity contribution >= 4 is 23.2 Å². The van der Waals surface area contributed by atoms with E-state index in [2.05, 4.69) is 10.1 Å². The molecule has 0 bridgehead atoms. The van der Waals surface area contributed by atoms with Crippen LogP contribution in [0.5, 0.6) is 5.75 Å². The number of halogens is 2. The van der Waals surface area contributed by atoms with Gasteiger partial charge in [-0.25, -0.2) is 0 Å². The van der Waals surface area contributed by atoms with Crippen molar-refractivity contribution in [3.05, 3.63) is 41.0 Å². The quantitative estimate of drug-likeness (QED) is 0.798. The number of rotatable bonds is 4. The number of benzene rings is 1. The lowest BCUT2D eigenvalue weighted by molar-refractivity contribution is 0.242. The molecule has 4 nitrogen and oxygen atoms in total. The zero-order chi connectivity index (χ0) is 12.3. The molecule has 0 radical (unpaired) electrons. The standard InChI is InChI=1S/C11H10Cl2N2O2/c1-7(12)11-14-10(17-15-11)6-16-9-4-2-8(13)3-5-9/h2-5,7H,6H2,1H3. The van der Waals surface area contributed by atoms with E-state index in [-0.39, 0.29) is 12.0 Å². The van der Waals surface area contributed by atoms with Crippen molar-refractivity contribution in [1.29, 1.82) is 0 Å². The van der Waals surface area contributed by atoms with Crippen molar-refractivity contribution in [1.82, 2.24) is 10.1 Å². The lowest BCUT2D eigenvalue weighted by atomic mass is 10.3. The van der Waals surface area contributed by atoms with Crippen LogP contribution in [-0.4, -0.2) is 10.1 Å².